The minimum atomic E-state index is 0.155. The van der Waals surface area contributed by atoms with Crippen LogP contribution in [0.25, 0.3) is 0 Å². The molecule has 2 unspecified atom stereocenters. The predicted octanol–water partition coefficient (Wildman–Crippen LogP) is 2.13. The van der Waals surface area contributed by atoms with Crippen molar-refractivity contribution in [1.82, 2.24) is 16.0 Å². The van der Waals surface area contributed by atoms with E-state index >= 15 is 0 Å². The first-order valence-corrected chi connectivity index (χ1v) is 9.98. The molecule has 0 aromatic carbocycles. The zero-order chi connectivity index (χ0) is 16.9. The van der Waals surface area contributed by atoms with Gasteiger partial charge in [0, 0.05) is 36.3 Å². The van der Waals surface area contributed by atoms with Crippen LogP contribution in [-0.4, -0.2) is 48.5 Å². The molecule has 132 valence electrons. The Morgan fingerprint density at radius 2 is 1.91 bits per heavy atom. The van der Waals surface area contributed by atoms with Gasteiger partial charge in [0.15, 0.2) is 5.96 Å². The van der Waals surface area contributed by atoms with E-state index < -0.39 is 0 Å². The highest BCUT2D eigenvalue weighted by molar-refractivity contribution is 7.99. The fourth-order valence-electron chi connectivity index (χ4n) is 2.86. The highest BCUT2D eigenvalue weighted by Crippen LogP contribution is 2.27. The lowest BCUT2D eigenvalue weighted by Crippen LogP contribution is -2.49. The van der Waals surface area contributed by atoms with Gasteiger partial charge in [-0.3, -0.25) is 9.79 Å². The summed E-state index contributed by atoms with van der Waals surface area (Å²) in [4.78, 5) is 16.6. The van der Waals surface area contributed by atoms with Gasteiger partial charge < -0.3 is 16.0 Å². The lowest BCUT2D eigenvalue weighted by Gasteiger charge is -2.31. The Labute approximate surface area is 144 Å². The van der Waals surface area contributed by atoms with Crippen molar-refractivity contribution in [3.63, 3.8) is 0 Å². The second-order valence-electron chi connectivity index (χ2n) is 7.38. The van der Waals surface area contributed by atoms with Crippen molar-refractivity contribution in [2.45, 2.75) is 69.2 Å². The third kappa shape index (κ3) is 6.24. The smallest absolute Gasteiger partial charge is 0.223 e. The molecule has 0 bridgehead atoms. The fraction of sp³-hybridized carbons (Fsp3) is 0.882. The highest BCUT2D eigenvalue weighted by Gasteiger charge is 2.31. The van der Waals surface area contributed by atoms with Crippen LogP contribution in [-0.2, 0) is 4.79 Å². The SMILES string of the molecule is CN=C(NCC(C)(C)SC)NC1CCCC(C(=O)NC2CC2)C1. The molecule has 0 spiro atoms. The largest absolute Gasteiger partial charge is 0.355 e. The number of aliphatic imine (C=N–C) groups is 1. The number of hydrogen-bond donors (Lipinski definition) is 3. The summed E-state index contributed by atoms with van der Waals surface area (Å²) in [7, 11) is 1.81. The van der Waals surface area contributed by atoms with Crippen LogP contribution in [0, 0.1) is 5.92 Å². The molecule has 5 nitrogen and oxygen atoms in total. The van der Waals surface area contributed by atoms with Crippen LogP contribution in [0.1, 0.15) is 52.4 Å². The highest BCUT2D eigenvalue weighted by atomic mass is 32.2. The zero-order valence-corrected chi connectivity index (χ0v) is 15.8. The number of thioether (sulfide) groups is 1. The van der Waals surface area contributed by atoms with E-state index in [9.17, 15) is 4.79 Å². The maximum atomic E-state index is 12.3. The summed E-state index contributed by atoms with van der Waals surface area (Å²) in [6.07, 6.45) is 8.58. The molecule has 0 aromatic heterocycles. The molecule has 2 rings (SSSR count). The molecule has 0 saturated heterocycles. The third-order valence-electron chi connectivity index (χ3n) is 4.77. The molecule has 2 atom stereocenters. The first-order valence-electron chi connectivity index (χ1n) is 8.76. The van der Waals surface area contributed by atoms with Crippen molar-refractivity contribution in [2.24, 2.45) is 10.9 Å². The van der Waals surface area contributed by atoms with Gasteiger partial charge in [0.05, 0.1) is 0 Å². The average Bonchev–Trinajstić information content (AvgIpc) is 3.35. The maximum absolute atomic E-state index is 12.3. The summed E-state index contributed by atoms with van der Waals surface area (Å²) in [6, 6.07) is 0.793. The van der Waals surface area contributed by atoms with Crippen molar-refractivity contribution in [3.05, 3.63) is 0 Å². The van der Waals surface area contributed by atoms with Gasteiger partial charge in [-0.05, 0) is 52.2 Å². The summed E-state index contributed by atoms with van der Waals surface area (Å²) < 4.78 is 0.177. The number of guanidine groups is 1. The zero-order valence-electron chi connectivity index (χ0n) is 14.9. The van der Waals surface area contributed by atoms with E-state index in [0.29, 0.717) is 12.1 Å². The lowest BCUT2D eigenvalue weighted by atomic mass is 9.85. The molecular formula is C17H32N4OS. The monoisotopic (exact) mass is 340 g/mol. The minimum absolute atomic E-state index is 0.155. The second-order valence-corrected chi connectivity index (χ2v) is 8.89. The molecule has 0 radical (unpaired) electrons. The number of nitrogens with one attached hydrogen (secondary N) is 3. The molecular weight excluding hydrogens is 308 g/mol. The van der Waals surface area contributed by atoms with Crippen molar-refractivity contribution in [1.29, 1.82) is 0 Å². The first-order chi connectivity index (χ1) is 10.9. The normalized spacial score (nSPS) is 25.8. The van der Waals surface area contributed by atoms with Gasteiger partial charge in [-0.25, -0.2) is 0 Å². The van der Waals surface area contributed by atoms with Gasteiger partial charge in [-0.2, -0.15) is 11.8 Å². The van der Waals surface area contributed by atoms with Gasteiger partial charge in [-0.15, -0.1) is 0 Å². The fourth-order valence-corrected chi connectivity index (χ4v) is 3.08. The van der Waals surface area contributed by atoms with E-state index in [4.69, 9.17) is 0 Å². The Morgan fingerprint density at radius 1 is 1.17 bits per heavy atom. The lowest BCUT2D eigenvalue weighted by molar-refractivity contribution is -0.126. The number of rotatable bonds is 6. The van der Waals surface area contributed by atoms with E-state index in [1.807, 2.05) is 18.8 Å². The van der Waals surface area contributed by atoms with Crippen molar-refractivity contribution < 1.29 is 4.79 Å². The van der Waals surface area contributed by atoms with E-state index in [1.54, 1.807) is 0 Å². The summed E-state index contributed by atoms with van der Waals surface area (Å²) in [5, 5.41) is 10.1. The summed E-state index contributed by atoms with van der Waals surface area (Å²) in [6.45, 7) is 5.31. The average molecular weight is 341 g/mol. The quantitative estimate of drug-likeness (QED) is 0.512. The molecule has 2 aliphatic rings. The standard InChI is InChI=1S/C17H32N4OS/c1-17(2,23-4)11-19-16(18-3)21-14-7-5-6-12(10-14)15(22)20-13-8-9-13/h12-14H,5-11H2,1-4H3,(H,20,22)(H2,18,19,21). The molecule has 0 aromatic rings. The summed E-state index contributed by atoms with van der Waals surface area (Å²) >= 11 is 1.84. The molecule has 2 aliphatic carbocycles. The Morgan fingerprint density at radius 3 is 2.52 bits per heavy atom. The van der Waals surface area contributed by atoms with Crippen LogP contribution >= 0.6 is 11.8 Å². The van der Waals surface area contributed by atoms with Gasteiger partial charge in [-0.1, -0.05) is 6.42 Å². The van der Waals surface area contributed by atoms with Gasteiger partial charge >= 0.3 is 0 Å². The Hall–Kier alpha value is -0.910. The Bertz CT molecular complexity index is 434. The van der Waals surface area contributed by atoms with Crippen LogP contribution in [0.2, 0.25) is 0 Å². The molecule has 3 N–H and O–H groups in total. The molecule has 0 heterocycles. The van der Waals surface area contributed by atoms with Crippen LogP contribution in [0.3, 0.4) is 0 Å². The van der Waals surface area contributed by atoms with Crippen molar-refractivity contribution in [2.75, 3.05) is 19.8 Å². The van der Waals surface area contributed by atoms with Crippen LogP contribution in [0.15, 0.2) is 4.99 Å². The number of carbonyl (C=O) groups is 1. The van der Waals surface area contributed by atoms with Crippen molar-refractivity contribution in [3.8, 4) is 0 Å². The van der Waals surface area contributed by atoms with Crippen molar-refractivity contribution >= 4 is 23.6 Å². The van der Waals surface area contributed by atoms with Gasteiger partial charge in [0.25, 0.3) is 0 Å². The Balaban J connectivity index is 1.79. The predicted molar refractivity (Wildman–Crippen MR) is 99.0 cm³/mol. The van der Waals surface area contributed by atoms with E-state index in [-0.39, 0.29) is 16.6 Å². The molecule has 0 aliphatic heterocycles. The van der Waals surface area contributed by atoms with E-state index in [0.717, 1.165) is 51.0 Å². The molecule has 2 saturated carbocycles. The number of amides is 1. The van der Waals surface area contributed by atoms with Crippen LogP contribution < -0.4 is 16.0 Å². The molecule has 6 heteroatoms. The molecule has 2 fully saturated rings. The van der Waals surface area contributed by atoms with E-state index in [1.165, 1.54) is 0 Å². The van der Waals surface area contributed by atoms with Gasteiger partial charge in [0.1, 0.15) is 0 Å². The molecule has 1 amide bonds. The summed E-state index contributed by atoms with van der Waals surface area (Å²) in [5.74, 6) is 1.26. The topological polar surface area (TPSA) is 65.5 Å². The van der Waals surface area contributed by atoms with E-state index in [2.05, 4.69) is 41.0 Å². The van der Waals surface area contributed by atoms with Crippen LogP contribution in [0.4, 0.5) is 0 Å². The molecule has 23 heavy (non-hydrogen) atoms. The Kier molecular flexibility index (Phi) is 6.62. The second kappa shape index (κ2) is 8.27. The minimum Gasteiger partial charge on any atom is -0.355 e. The van der Waals surface area contributed by atoms with Crippen LogP contribution in [0.5, 0.6) is 0 Å². The summed E-state index contributed by atoms with van der Waals surface area (Å²) in [5.41, 5.74) is 0. The van der Waals surface area contributed by atoms with Gasteiger partial charge in [0.2, 0.25) is 5.91 Å². The number of hydrogen-bond acceptors (Lipinski definition) is 3. The number of nitrogens with zero attached hydrogens (tertiary/aromatic N) is 1. The third-order valence-corrected chi connectivity index (χ3v) is 6.02. The maximum Gasteiger partial charge on any atom is 0.223 e. The number of carbonyl (C=O) groups excluding carboxylic acids is 1. The first kappa shape index (κ1) is 18.4.